The van der Waals surface area contributed by atoms with E-state index in [1.54, 1.807) is 7.11 Å². The number of carbonyl (C=O) groups excluding carboxylic acids is 2. The molecular weight excluding hydrogens is 278 g/mol. The molecule has 4 nitrogen and oxygen atoms in total. The van der Waals surface area contributed by atoms with Gasteiger partial charge in [-0.3, -0.25) is 4.79 Å². The maximum atomic E-state index is 12.5. The molecule has 1 aromatic carbocycles. The summed E-state index contributed by atoms with van der Waals surface area (Å²) in [7, 11) is 1.66. The van der Waals surface area contributed by atoms with Gasteiger partial charge >= 0.3 is 0 Å². The highest BCUT2D eigenvalue weighted by Gasteiger charge is 2.25. The Morgan fingerprint density at radius 3 is 2.68 bits per heavy atom. The van der Waals surface area contributed by atoms with Gasteiger partial charge in [0.25, 0.3) is 0 Å². The number of methoxy groups -OCH3 is 1. The van der Waals surface area contributed by atoms with Crippen molar-refractivity contribution in [2.75, 3.05) is 13.7 Å². The van der Waals surface area contributed by atoms with Crippen LogP contribution < -0.4 is 4.74 Å². The van der Waals surface area contributed by atoms with Crippen molar-refractivity contribution in [3.05, 3.63) is 29.3 Å². The van der Waals surface area contributed by atoms with Gasteiger partial charge < -0.3 is 14.4 Å². The number of ether oxygens (including phenoxy) is 1. The zero-order valence-electron chi connectivity index (χ0n) is 13.9. The fraction of sp³-hybridized carbons (Fsp3) is 0.556. The van der Waals surface area contributed by atoms with Crippen LogP contribution in [0.2, 0.25) is 0 Å². The van der Waals surface area contributed by atoms with Gasteiger partial charge in [-0.25, -0.2) is 0 Å². The van der Waals surface area contributed by atoms with Crippen molar-refractivity contribution in [1.29, 1.82) is 0 Å². The first-order valence-corrected chi connectivity index (χ1v) is 7.87. The summed E-state index contributed by atoms with van der Waals surface area (Å²) in [4.78, 5) is 22.6. The monoisotopic (exact) mass is 305 g/mol. The predicted octanol–water partition coefficient (Wildman–Crippen LogP) is 3.15. The van der Waals surface area contributed by atoms with Crippen molar-refractivity contribution < 1.29 is 14.3 Å². The number of piperidine rings is 1. The Bertz CT molecular complexity index is 487. The highest BCUT2D eigenvalue weighted by molar-refractivity contribution is 5.79. The molecule has 0 bridgehead atoms. The molecule has 0 aromatic heterocycles. The molecule has 1 aliphatic rings. The van der Waals surface area contributed by atoms with Gasteiger partial charge in [0.2, 0.25) is 5.91 Å². The van der Waals surface area contributed by atoms with Crippen LogP contribution in [0.25, 0.3) is 0 Å². The first kappa shape index (κ1) is 18.2. The lowest BCUT2D eigenvalue weighted by Gasteiger charge is -2.35. The average molecular weight is 305 g/mol. The van der Waals surface area contributed by atoms with E-state index in [1.165, 1.54) is 6.42 Å². The van der Waals surface area contributed by atoms with Gasteiger partial charge in [0.15, 0.2) is 0 Å². The zero-order chi connectivity index (χ0) is 16.5. The number of hydrogen-bond acceptors (Lipinski definition) is 3. The number of likely N-dealkylation sites (tertiary alicyclic amines) is 1. The smallest absolute Gasteiger partial charge is 0.227 e. The second kappa shape index (κ2) is 9.23. The minimum atomic E-state index is 0.254. The number of benzene rings is 1. The highest BCUT2D eigenvalue weighted by atomic mass is 16.5. The lowest BCUT2D eigenvalue weighted by atomic mass is 9.98. The van der Waals surface area contributed by atoms with Crippen molar-refractivity contribution in [3.63, 3.8) is 0 Å². The van der Waals surface area contributed by atoms with Crippen molar-refractivity contribution in [3.8, 4) is 5.75 Å². The molecule has 0 radical (unpaired) electrons. The van der Waals surface area contributed by atoms with E-state index < -0.39 is 0 Å². The SMILES string of the molecule is C=O.CCC1CCCCN1C(=O)Cc1cc(C)cc(OC)c1. The summed E-state index contributed by atoms with van der Waals surface area (Å²) in [5.74, 6) is 1.09. The Balaban J connectivity index is 0.00000116. The molecule has 1 unspecified atom stereocenters. The Hall–Kier alpha value is -1.84. The van der Waals surface area contributed by atoms with E-state index in [0.717, 1.165) is 42.7 Å². The molecule has 1 aliphatic heterocycles. The maximum absolute atomic E-state index is 12.5. The van der Waals surface area contributed by atoms with Crippen LogP contribution in [0.5, 0.6) is 5.75 Å². The largest absolute Gasteiger partial charge is 0.497 e. The number of amides is 1. The van der Waals surface area contributed by atoms with Crippen molar-refractivity contribution >= 4 is 12.7 Å². The molecule has 4 heteroatoms. The quantitative estimate of drug-likeness (QED) is 0.858. The molecule has 1 atom stereocenters. The number of nitrogens with zero attached hydrogens (tertiary/aromatic N) is 1. The minimum absolute atomic E-state index is 0.254. The topological polar surface area (TPSA) is 46.6 Å². The molecular formula is C18H27NO3. The van der Waals surface area contributed by atoms with Gasteiger partial charge in [-0.2, -0.15) is 0 Å². The number of hydrogen-bond donors (Lipinski definition) is 0. The van der Waals surface area contributed by atoms with Crippen LogP contribution in [-0.4, -0.2) is 37.3 Å². The highest BCUT2D eigenvalue weighted by Crippen LogP contribution is 2.22. The first-order valence-electron chi connectivity index (χ1n) is 7.87. The third-order valence-corrected chi connectivity index (χ3v) is 4.12. The van der Waals surface area contributed by atoms with Gasteiger partial charge in [0.05, 0.1) is 13.5 Å². The first-order chi connectivity index (χ1) is 10.6. The average Bonchev–Trinajstić information content (AvgIpc) is 2.56. The fourth-order valence-corrected chi connectivity index (χ4v) is 3.07. The molecule has 1 fully saturated rings. The lowest BCUT2D eigenvalue weighted by molar-refractivity contribution is -0.134. The minimum Gasteiger partial charge on any atom is -0.497 e. The van der Waals surface area contributed by atoms with Crippen LogP contribution in [0.4, 0.5) is 0 Å². The van der Waals surface area contributed by atoms with Crippen LogP contribution in [0.3, 0.4) is 0 Å². The van der Waals surface area contributed by atoms with Crippen molar-refractivity contribution in [2.45, 2.75) is 52.0 Å². The zero-order valence-corrected chi connectivity index (χ0v) is 13.9. The van der Waals surface area contributed by atoms with Crippen LogP contribution in [0, 0.1) is 6.92 Å². The van der Waals surface area contributed by atoms with E-state index in [9.17, 15) is 4.79 Å². The van der Waals surface area contributed by atoms with Crippen LogP contribution in [-0.2, 0) is 16.0 Å². The van der Waals surface area contributed by atoms with Crippen LogP contribution in [0.1, 0.15) is 43.7 Å². The third-order valence-electron chi connectivity index (χ3n) is 4.12. The summed E-state index contributed by atoms with van der Waals surface area (Å²) in [6.45, 7) is 7.12. The predicted molar refractivity (Wildman–Crippen MR) is 88.2 cm³/mol. The standard InChI is InChI=1S/C17H25NO2.CH2O/c1-4-15-7-5-6-8-18(15)17(19)12-14-9-13(2)10-16(11-14)20-3;1-2/h9-11,15H,4-8,12H2,1-3H3;1H2. The van der Waals surface area contributed by atoms with E-state index >= 15 is 0 Å². The second-order valence-electron chi connectivity index (χ2n) is 5.68. The third kappa shape index (κ3) is 4.86. The van der Waals surface area contributed by atoms with Crippen molar-refractivity contribution in [1.82, 2.24) is 4.90 Å². The molecule has 1 saturated heterocycles. The molecule has 0 saturated carbocycles. The molecule has 1 amide bonds. The molecule has 22 heavy (non-hydrogen) atoms. The molecule has 0 N–H and O–H groups in total. The number of carbonyl (C=O) groups is 2. The molecule has 0 aliphatic carbocycles. The van der Waals surface area contributed by atoms with E-state index in [2.05, 4.69) is 17.9 Å². The molecule has 122 valence electrons. The van der Waals surface area contributed by atoms with Gasteiger partial charge in [-0.15, -0.1) is 0 Å². The summed E-state index contributed by atoms with van der Waals surface area (Å²) in [5.41, 5.74) is 2.19. The van der Waals surface area contributed by atoms with Gasteiger partial charge in [-0.05, 0) is 55.9 Å². The summed E-state index contributed by atoms with van der Waals surface area (Å²) in [6.07, 6.45) is 5.08. The Morgan fingerprint density at radius 1 is 1.32 bits per heavy atom. The van der Waals surface area contributed by atoms with E-state index in [-0.39, 0.29) is 5.91 Å². The molecule has 1 heterocycles. The summed E-state index contributed by atoms with van der Waals surface area (Å²) < 4.78 is 5.28. The van der Waals surface area contributed by atoms with Gasteiger partial charge in [0, 0.05) is 12.6 Å². The van der Waals surface area contributed by atoms with E-state index in [0.29, 0.717) is 12.5 Å². The van der Waals surface area contributed by atoms with Gasteiger partial charge in [0.1, 0.15) is 12.5 Å². The Kier molecular flexibility index (Phi) is 7.64. The summed E-state index contributed by atoms with van der Waals surface area (Å²) in [5, 5.41) is 0. The van der Waals surface area contributed by atoms with Crippen LogP contribution >= 0.6 is 0 Å². The summed E-state index contributed by atoms with van der Waals surface area (Å²) >= 11 is 0. The number of rotatable bonds is 4. The number of aryl methyl sites for hydroxylation is 1. The van der Waals surface area contributed by atoms with Crippen molar-refractivity contribution in [2.24, 2.45) is 0 Å². The lowest BCUT2D eigenvalue weighted by Crippen LogP contribution is -2.44. The second-order valence-corrected chi connectivity index (χ2v) is 5.68. The normalized spacial score (nSPS) is 17.4. The summed E-state index contributed by atoms with van der Waals surface area (Å²) in [6, 6.07) is 6.47. The van der Waals surface area contributed by atoms with E-state index in [1.807, 2.05) is 25.8 Å². The molecule has 0 spiro atoms. The Labute approximate surface area is 133 Å². The van der Waals surface area contributed by atoms with E-state index in [4.69, 9.17) is 9.53 Å². The van der Waals surface area contributed by atoms with Gasteiger partial charge in [-0.1, -0.05) is 13.0 Å². The Morgan fingerprint density at radius 2 is 2.05 bits per heavy atom. The fourth-order valence-electron chi connectivity index (χ4n) is 3.07. The van der Waals surface area contributed by atoms with Crippen LogP contribution in [0.15, 0.2) is 18.2 Å². The maximum Gasteiger partial charge on any atom is 0.227 e. The molecule has 1 aromatic rings. The molecule has 2 rings (SSSR count).